The SMILES string of the molecule is O=C(COC(=O)CCNS(=O)(=O)c1cccs1)Nc1cccc(F)c1. The van der Waals surface area contributed by atoms with E-state index >= 15 is 0 Å². The fraction of sp³-hybridized carbons (Fsp3) is 0.200. The maximum Gasteiger partial charge on any atom is 0.307 e. The van der Waals surface area contributed by atoms with E-state index in [0.717, 1.165) is 17.4 Å². The van der Waals surface area contributed by atoms with E-state index in [1.165, 1.54) is 24.3 Å². The highest BCUT2D eigenvalue weighted by Gasteiger charge is 2.15. The van der Waals surface area contributed by atoms with E-state index in [1.54, 1.807) is 11.4 Å². The van der Waals surface area contributed by atoms with E-state index in [0.29, 0.717) is 0 Å². The van der Waals surface area contributed by atoms with Crippen molar-refractivity contribution in [3.63, 3.8) is 0 Å². The van der Waals surface area contributed by atoms with Gasteiger partial charge in [-0.05, 0) is 29.6 Å². The van der Waals surface area contributed by atoms with Gasteiger partial charge in [-0.1, -0.05) is 12.1 Å². The van der Waals surface area contributed by atoms with Crippen molar-refractivity contribution in [2.45, 2.75) is 10.6 Å². The number of nitrogens with one attached hydrogen (secondary N) is 2. The molecule has 0 aliphatic heterocycles. The Hall–Kier alpha value is -2.30. The summed E-state index contributed by atoms with van der Waals surface area (Å²) in [7, 11) is -3.64. The second kappa shape index (κ2) is 8.70. The standard InChI is InChI=1S/C15H15FN2O5S2/c16-11-3-1-4-12(9-11)18-13(19)10-23-14(20)6-7-17-25(21,22)15-5-2-8-24-15/h1-5,8-9,17H,6-7,10H2,(H,18,19). The van der Waals surface area contributed by atoms with Crippen LogP contribution in [0.5, 0.6) is 0 Å². The number of hydrogen-bond donors (Lipinski definition) is 2. The number of halogens is 1. The highest BCUT2D eigenvalue weighted by Crippen LogP contribution is 2.15. The van der Waals surface area contributed by atoms with E-state index in [9.17, 15) is 22.4 Å². The van der Waals surface area contributed by atoms with Crippen LogP contribution in [0.4, 0.5) is 10.1 Å². The topological polar surface area (TPSA) is 102 Å². The van der Waals surface area contributed by atoms with Gasteiger partial charge in [0, 0.05) is 12.2 Å². The molecule has 0 fully saturated rings. The van der Waals surface area contributed by atoms with Gasteiger partial charge in [-0.25, -0.2) is 17.5 Å². The molecule has 0 saturated carbocycles. The van der Waals surface area contributed by atoms with E-state index in [-0.39, 0.29) is 22.9 Å². The van der Waals surface area contributed by atoms with Crippen molar-refractivity contribution in [2.24, 2.45) is 0 Å². The molecule has 10 heteroatoms. The van der Waals surface area contributed by atoms with Crippen molar-refractivity contribution in [1.82, 2.24) is 4.72 Å². The van der Waals surface area contributed by atoms with Crippen molar-refractivity contribution in [3.05, 3.63) is 47.6 Å². The Morgan fingerprint density at radius 3 is 2.68 bits per heavy atom. The number of carbonyl (C=O) groups excluding carboxylic acids is 2. The smallest absolute Gasteiger partial charge is 0.307 e. The van der Waals surface area contributed by atoms with Gasteiger partial charge in [-0.15, -0.1) is 11.3 Å². The monoisotopic (exact) mass is 386 g/mol. The number of hydrogen-bond acceptors (Lipinski definition) is 6. The molecule has 1 amide bonds. The van der Waals surface area contributed by atoms with Crippen LogP contribution in [0.1, 0.15) is 6.42 Å². The van der Waals surface area contributed by atoms with E-state index in [2.05, 4.69) is 10.0 Å². The summed E-state index contributed by atoms with van der Waals surface area (Å²) >= 11 is 1.06. The summed E-state index contributed by atoms with van der Waals surface area (Å²) in [5, 5.41) is 4.00. The summed E-state index contributed by atoms with van der Waals surface area (Å²) in [5.74, 6) is -1.87. The fourth-order valence-corrected chi connectivity index (χ4v) is 3.83. The Bertz CT molecular complexity index is 837. The zero-order chi connectivity index (χ0) is 18.3. The van der Waals surface area contributed by atoms with Crippen LogP contribution < -0.4 is 10.0 Å². The molecule has 0 atom stereocenters. The molecule has 0 bridgehead atoms. The second-order valence-corrected chi connectivity index (χ2v) is 7.74. The Kier molecular flexibility index (Phi) is 6.62. The normalized spacial score (nSPS) is 11.1. The molecule has 134 valence electrons. The summed E-state index contributed by atoms with van der Waals surface area (Å²) in [6.07, 6.45) is -0.224. The summed E-state index contributed by atoms with van der Waals surface area (Å²) in [6, 6.07) is 8.32. The number of carbonyl (C=O) groups is 2. The minimum atomic E-state index is -3.64. The fourth-order valence-electron chi connectivity index (χ4n) is 1.76. The van der Waals surface area contributed by atoms with Crippen LogP contribution in [0.3, 0.4) is 0 Å². The van der Waals surface area contributed by atoms with Gasteiger partial charge >= 0.3 is 5.97 Å². The number of ether oxygens (including phenoxy) is 1. The molecule has 0 spiro atoms. The van der Waals surface area contributed by atoms with Crippen molar-refractivity contribution in [3.8, 4) is 0 Å². The molecule has 1 aromatic carbocycles. The predicted octanol–water partition coefficient (Wildman–Crippen LogP) is 1.74. The lowest BCUT2D eigenvalue weighted by atomic mass is 10.3. The number of anilines is 1. The van der Waals surface area contributed by atoms with Crippen LogP contribution in [0.2, 0.25) is 0 Å². The van der Waals surface area contributed by atoms with Crippen molar-refractivity contribution in [2.75, 3.05) is 18.5 Å². The molecule has 0 radical (unpaired) electrons. The average molecular weight is 386 g/mol. The number of esters is 1. The predicted molar refractivity (Wildman–Crippen MR) is 90.1 cm³/mol. The van der Waals surface area contributed by atoms with Crippen LogP contribution in [0.15, 0.2) is 46.0 Å². The molecule has 2 N–H and O–H groups in total. The summed E-state index contributed by atoms with van der Waals surface area (Å²) in [6.45, 7) is -0.697. The Labute approximate surface area is 147 Å². The third-order valence-corrected chi connectivity index (χ3v) is 5.71. The van der Waals surface area contributed by atoms with Gasteiger partial charge in [0.15, 0.2) is 6.61 Å². The van der Waals surface area contributed by atoms with Crippen molar-refractivity contribution >= 4 is 38.9 Å². The lowest BCUT2D eigenvalue weighted by Crippen LogP contribution is -2.27. The number of amides is 1. The highest BCUT2D eigenvalue weighted by molar-refractivity contribution is 7.91. The van der Waals surface area contributed by atoms with E-state index in [1.807, 2.05) is 0 Å². The molecule has 7 nitrogen and oxygen atoms in total. The lowest BCUT2D eigenvalue weighted by molar-refractivity contribution is -0.147. The van der Waals surface area contributed by atoms with Gasteiger partial charge in [-0.2, -0.15) is 0 Å². The molecule has 25 heavy (non-hydrogen) atoms. The third-order valence-electron chi connectivity index (χ3n) is 2.85. The largest absolute Gasteiger partial charge is 0.456 e. The average Bonchev–Trinajstić information content (AvgIpc) is 3.08. The first-order chi connectivity index (χ1) is 11.9. The molecule has 2 aromatic rings. The molecule has 1 aromatic heterocycles. The quantitative estimate of drug-likeness (QED) is 0.673. The van der Waals surface area contributed by atoms with Crippen molar-refractivity contribution in [1.29, 1.82) is 0 Å². The van der Waals surface area contributed by atoms with Gasteiger partial charge < -0.3 is 10.1 Å². The zero-order valence-corrected chi connectivity index (χ0v) is 14.5. The van der Waals surface area contributed by atoms with Crippen LogP contribution in [0.25, 0.3) is 0 Å². The maximum atomic E-state index is 13.0. The summed E-state index contributed by atoms with van der Waals surface area (Å²) in [5.41, 5.74) is 0.241. The number of thiophene rings is 1. The van der Waals surface area contributed by atoms with Gasteiger partial charge in [0.05, 0.1) is 6.42 Å². The Morgan fingerprint density at radius 2 is 2.00 bits per heavy atom. The number of sulfonamides is 1. The molecular weight excluding hydrogens is 371 g/mol. The molecule has 2 rings (SSSR count). The third kappa shape index (κ3) is 6.25. The molecule has 1 heterocycles. The van der Waals surface area contributed by atoms with Crippen LogP contribution in [-0.2, 0) is 24.3 Å². The molecule has 0 unspecified atom stereocenters. The maximum absolute atomic E-state index is 13.0. The zero-order valence-electron chi connectivity index (χ0n) is 12.9. The van der Waals surface area contributed by atoms with Crippen LogP contribution in [-0.4, -0.2) is 33.4 Å². The Balaban J connectivity index is 1.69. The summed E-state index contributed by atoms with van der Waals surface area (Å²) in [4.78, 5) is 23.1. The lowest BCUT2D eigenvalue weighted by Gasteiger charge is -2.07. The number of rotatable bonds is 8. The van der Waals surface area contributed by atoms with Crippen LogP contribution in [0, 0.1) is 5.82 Å². The minimum Gasteiger partial charge on any atom is -0.456 e. The highest BCUT2D eigenvalue weighted by atomic mass is 32.2. The van der Waals surface area contributed by atoms with E-state index in [4.69, 9.17) is 4.74 Å². The molecular formula is C15H15FN2O5S2. The minimum absolute atomic E-state index is 0.148. The van der Waals surface area contributed by atoms with Gasteiger partial charge in [-0.3, -0.25) is 9.59 Å². The first kappa shape index (κ1) is 19.0. The van der Waals surface area contributed by atoms with Gasteiger partial charge in [0.2, 0.25) is 10.0 Å². The first-order valence-corrected chi connectivity index (χ1v) is 9.47. The van der Waals surface area contributed by atoms with Crippen molar-refractivity contribution < 1.29 is 27.1 Å². The number of benzene rings is 1. The first-order valence-electron chi connectivity index (χ1n) is 7.11. The summed E-state index contributed by atoms with van der Waals surface area (Å²) < 4.78 is 43.8. The molecule has 0 aliphatic rings. The molecule has 0 aliphatic carbocycles. The van der Waals surface area contributed by atoms with Crippen LogP contribution >= 0.6 is 11.3 Å². The Morgan fingerprint density at radius 1 is 1.20 bits per heavy atom. The second-order valence-electron chi connectivity index (χ2n) is 4.80. The molecule has 0 saturated heterocycles. The van der Waals surface area contributed by atoms with Gasteiger partial charge in [0.25, 0.3) is 5.91 Å². The van der Waals surface area contributed by atoms with E-state index < -0.39 is 34.3 Å². The van der Waals surface area contributed by atoms with Gasteiger partial charge in [0.1, 0.15) is 10.0 Å².